The summed E-state index contributed by atoms with van der Waals surface area (Å²) < 4.78 is 5.46. The van der Waals surface area contributed by atoms with Crippen molar-refractivity contribution in [1.29, 1.82) is 0 Å². The summed E-state index contributed by atoms with van der Waals surface area (Å²) in [4.78, 5) is 14.0. The maximum Gasteiger partial charge on any atom is 0.410 e. The van der Waals surface area contributed by atoms with E-state index < -0.39 is 5.60 Å². The third kappa shape index (κ3) is 4.55. The third-order valence-corrected chi connectivity index (χ3v) is 3.54. The maximum atomic E-state index is 12.1. The Bertz CT molecular complexity index is 436. The molecule has 0 bridgehead atoms. The number of piperidine rings is 1. The zero-order valence-electron chi connectivity index (χ0n) is 12.8. The van der Waals surface area contributed by atoms with Crippen LogP contribution in [0.2, 0.25) is 0 Å². The number of ether oxygens (including phenoxy) is 1. The summed E-state index contributed by atoms with van der Waals surface area (Å²) in [5.41, 5.74) is 0.937. The Morgan fingerprint density at radius 2 is 2.00 bits per heavy atom. The summed E-state index contributed by atoms with van der Waals surface area (Å²) in [5, 5.41) is 0. The van der Waals surface area contributed by atoms with Crippen LogP contribution in [0.25, 0.3) is 0 Å². The van der Waals surface area contributed by atoms with Gasteiger partial charge >= 0.3 is 6.09 Å². The van der Waals surface area contributed by atoms with Gasteiger partial charge in [0.1, 0.15) is 5.60 Å². The molecule has 3 heteroatoms. The van der Waals surface area contributed by atoms with Gasteiger partial charge in [0.2, 0.25) is 0 Å². The molecule has 0 aromatic heterocycles. The normalized spacial score (nSPS) is 19.8. The van der Waals surface area contributed by atoms with E-state index >= 15 is 0 Å². The fourth-order valence-corrected chi connectivity index (χ4v) is 2.67. The Kier molecular flexibility index (Phi) is 4.69. The van der Waals surface area contributed by atoms with Crippen molar-refractivity contribution in [2.45, 2.75) is 45.6 Å². The average molecular weight is 275 g/mol. The molecule has 20 heavy (non-hydrogen) atoms. The lowest BCUT2D eigenvalue weighted by molar-refractivity contribution is 0.0166. The van der Waals surface area contributed by atoms with Crippen LogP contribution in [0.1, 0.15) is 39.2 Å². The Labute approximate surface area is 121 Å². The topological polar surface area (TPSA) is 29.5 Å². The van der Waals surface area contributed by atoms with Crippen molar-refractivity contribution in [2.24, 2.45) is 5.92 Å². The van der Waals surface area contributed by atoms with Gasteiger partial charge in [0.15, 0.2) is 0 Å². The molecule has 110 valence electrons. The quantitative estimate of drug-likeness (QED) is 0.820. The lowest BCUT2D eigenvalue weighted by atomic mass is 9.91. The average Bonchev–Trinajstić information content (AvgIpc) is 2.38. The van der Waals surface area contributed by atoms with Gasteiger partial charge < -0.3 is 9.64 Å². The van der Waals surface area contributed by atoms with Crippen molar-refractivity contribution < 1.29 is 9.53 Å². The largest absolute Gasteiger partial charge is 0.444 e. The zero-order valence-corrected chi connectivity index (χ0v) is 12.8. The van der Waals surface area contributed by atoms with Crippen molar-refractivity contribution in [3.63, 3.8) is 0 Å². The standard InChI is InChI=1S/C17H25NO2/c1-17(2,3)20-16(19)18-11-7-10-15(13-18)12-14-8-5-4-6-9-14/h4-6,8-9,15H,7,10-13H2,1-3H3/t15-/m1/s1. The highest BCUT2D eigenvalue weighted by molar-refractivity contribution is 5.68. The Morgan fingerprint density at radius 1 is 1.30 bits per heavy atom. The molecular weight excluding hydrogens is 250 g/mol. The summed E-state index contributed by atoms with van der Waals surface area (Å²) in [6.07, 6.45) is 3.13. The fourth-order valence-electron chi connectivity index (χ4n) is 2.67. The van der Waals surface area contributed by atoms with Crippen LogP contribution in [0.3, 0.4) is 0 Å². The van der Waals surface area contributed by atoms with Gasteiger partial charge in [0.25, 0.3) is 0 Å². The molecule has 0 aliphatic carbocycles. The van der Waals surface area contributed by atoms with E-state index in [9.17, 15) is 4.79 Å². The van der Waals surface area contributed by atoms with E-state index in [-0.39, 0.29) is 6.09 Å². The van der Waals surface area contributed by atoms with E-state index in [1.165, 1.54) is 12.0 Å². The highest BCUT2D eigenvalue weighted by Gasteiger charge is 2.27. The predicted octanol–water partition coefficient (Wildman–Crippen LogP) is 3.88. The minimum absolute atomic E-state index is 0.171. The molecule has 1 aliphatic heterocycles. The molecule has 1 aromatic carbocycles. The van der Waals surface area contributed by atoms with Crippen LogP contribution in [0, 0.1) is 5.92 Å². The summed E-state index contributed by atoms with van der Waals surface area (Å²) in [6.45, 7) is 7.37. The second-order valence-corrected chi connectivity index (χ2v) is 6.62. The molecule has 1 fully saturated rings. The van der Waals surface area contributed by atoms with Crippen LogP contribution in [-0.4, -0.2) is 29.7 Å². The first-order valence-corrected chi connectivity index (χ1v) is 7.46. The van der Waals surface area contributed by atoms with Crippen LogP contribution in [0.5, 0.6) is 0 Å². The molecule has 1 saturated heterocycles. The first-order chi connectivity index (χ1) is 9.44. The van der Waals surface area contributed by atoms with E-state index in [0.717, 1.165) is 25.9 Å². The molecule has 0 radical (unpaired) electrons. The summed E-state index contributed by atoms with van der Waals surface area (Å²) in [5.74, 6) is 0.540. The first kappa shape index (κ1) is 14.9. The van der Waals surface area contributed by atoms with Gasteiger partial charge in [0.05, 0.1) is 0 Å². The molecular formula is C17H25NO2. The van der Waals surface area contributed by atoms with E-state index in [2.05, 4.69) is 24.3 Å². The Hall–Kier alpha value is -1.51. The molecule has 0 N–H and O–H groups in total. The minimum atomic E-state index is -0.413. The number of nitrogens with zero attached hydrogens (tertiary/aromatic N) is 1. The van der Waals surface area contributed by atoms with Gasteiger partial charge in [-0.15, -0.1) is 0 Å². The lowest BCUT2D eigenvalue weighted by Gasteiger charge is -2.34. The molecule has 1 aliphatic rings. The number of amides is 1. The predicted molar refractivity (Wildman–Crippen MR) is 80.7 cm³/mol. The number of rotatable bonds is 2. The molecule has 0 unspecified atom stereocenters. The molecule has 1 aromatic rings. The lowest BCUT2D eigenvalue weighted by Crippen LogP contribution is -2.43. The smallest absolute Gasteiger partial charge is 0.410 e. The van der Waals surface area contributed by atoms with E-state index in [0.29, 0.717) is 5.92 Å². The zero-order chi connectivity index (χ0) is 14.6. The number of carbonyl (C=O) groups excluding carboxylic acids is 1. The Balaban J connectivity index is 1.90. The SMILES string of the molecule is CC(C)(C)OC(=O)N1CCC[C@H](Cc2ccccc2)C1. The highest BCUT2D eigenvalue weighted by Crippen LogP contribution is 2.22. The second kappa shape index (κ2) is 6.29. The number of likely N-dealkylation sites (tertiary alicyclic amines) is 1. The number of carbonyl (C=O) groups is 1. The highest BCUT2D eigenvalue weighted by atomic mass is 16.6. The maximum absolute atomic E-state index is 12.1. The number of benzene rings is 1. The van der Waals surface area contributed by atoms with Gasteiger partial charge in [0, 0.05) is 13.1 Å². The van der Waals surface area contributed by atoms with Gasteiger partial charge in [-0.3, -0.25) is 0 Å². The molecule has 1 amide bonds. The van der Waals surface area contributed by atoms with Gasteiger partial charge in [-0.2, -0.15) is 0 Å². The molecule has 0 spiro atoms. The monoisotopic (exact) mass is 275 g/mol. The summed E-state index contributed by atoms with van der Waals surface area (Å²) >= 11 is 0. The summed E-state index contributed by atoms with van der Waals surface area (Å²) in [6, 6.07) is 10.5. The van der Waals surface area contributed by atoms with Crippen LogP contribution in [0.15, 0.2) is 30.3 Å². The fraction of sp³-hybridized carbons (Fsp3) is 0.588. The molecule has 2 rings (SSSR count). The van der Waals surface area contributed by atoms with Crippen LogP contribution in [-0.2, 0) is 11.2 Å². The molecule has 0 saturated carbocycles. The first-order valence-electron chi connectivity index (χ1n) is 7.46. The number of hydrogen-bond donors (Lipinski definition) is 0. The van der Waals surface area contributed by atoms with E-state index in [4.69, 9.17) is 4.74 Å². The van der Waals surface area contributed by atoms with Crippen molar-refractivity contribution in [3.8, 4) is 0 Å². The van der Waals surface area contributed by atoms with E-state index in [1.807, 2.05) is 31.7 Å². The van der Waals surface area contributed by atoms with Crippen molar-refractivity contribution in [2.75, 3.05) is 13.1 Å². The Morgan fingerprint density at radius 3 is 2.65 bits per heavy atom. The molecule has 1 atom stereocenters. The van der Waals surface area contributed by atoms with Crippen LogP contribution < -0.4 is 0 Å². The number of hydrogen-bond acceptors (Lipinski definition) is 2. The van der Waals surface area contributed by atoms with E-state index in [1.54, 1.807) is 0 Å². The third-order valence-electron chi connectivity index (χ3n) is 3.54. The van der Waals surface area contributed by atoms with Crippen molar-refractivity contribution >= 4 is 6.09 Å². The van der Waals surface area contributed by atoms with Crippen LogP contribution >= 0.6 is 0 Å². The van der Waals surface area contributed by atoms with Crippen LogP contribution in [0.4, 0.5) is 4.79 Å². The van der Waals surface area contributed by atoms with Crippen molar-refractivity contribution in [3.05, 3.63) is 35.9 Å². The van der Waals surface area contributed by atoms with Crippen molar-refractivity contribution in [1.82, 2.24) is 4.90 Å². The van der Waals surface area contributed by atoms with Gasteiger partial charge in [-0.25, -0.2) is 4.79 Å². The van der Waals surface area contributed by atoms with Gasteiger partial charge in [-0.05, 0) is 51.5 Å². The molecule has 1 heterocycles. The minimum Gasteiger partial charge on any atom is -0.444 e. The van der Waals surface area contributed by atoms with Gasteiger partial charge in [-0.1, -0.05) is 30.3 Å². The summed E-state index contributed by atoms with van der Waals surface area (Å²) in [7, 11) is 0. The second-order valence-electron chi connectivity index (χ2n) is 6.62. The molecule has 3 nitrogen and oxygen atoms in total.